The van der Waals surface area contributed by atoms with E-state index in [2.05, 4.69) is 34.4 Å². The molecular formula is C26H44N9O18P3S. The lowest BCUT2D eigenvalue weighted by atomic mass is 9.87. The minimum atomic E-state index is -5.59. The molecule has 0 aliphatic carbocycles. The molecule has 1 fully saturated rings. The number of rotatable bonds is 23. The number of imidazole rings is 1. The molecule has 8 atom stereocenters. The number of thioether (sulfide) groups is 1. The topological polar surface area (TPSA) is 433 Å². The summed E-state index contributed by atoms with van der Waals surface area (Å²) in [6.07, 6.45) is -7.05. The van der Waals surface area contributed by atoms with E-state index in [0.717, 1.165) is 29.0 Å². The summed E-state index contributed by atoms with van der Waals surface area (Å²) in [5, 5.41) is 25.8. The average molecular weight is 896 g/mol. The maximum atomic E-state index is 12.7. The molecule has 2 aromatic heterocycles. The normalized spacial score (nSPS) is 22.0. The molecule has 1 saturated heterocycles. The fourth-order valence-electron chi connectivity index (χ4n) is 4.80. The number of amides is 3. The van der Waals surface area contributed by atoms with Gasteiger partial charge in [0.05, 0.1) is 25.6 Å². The fourth-order valence-corrected chi connectivity index (χ4v) is 8.37. The van der Waals surface area contributed by atoms with Gasteiger partial charge in [-0.2, -0.15) is 4.31 Å². The van der Waals surface area contributed by atoms with E-state index in [1.165, 1.54) is 13.8 Å². The number of nitrogens with one attached hydrogen (secondary N) is 2. The number of hydrogen-bond acceptors (Lipinski definition) is 20. The van der Waals surface area contributed by atoms with E-state index in [-0.39, 0.29) is 60.2 Å². The quantitative estimate of drug-likeness (QED) is 0.0398. The Kier molecular flexibility index (Phi) is 17.2. The number of carbonyl (C=O) groups excluding carboxylic acids is 4. The van der Waals surface area contributed by atoms with Crippen LogP contribution in [0.15, 0.2) is 12.7 Å². The van der Waals surface area contributed by atoms with Crippen molar-refractivity contribution in [2.45, 2.75) is 69.8 Å². The van der Waals surface area contributed by atoms with Crippen molar-refractivity contribution in [3.05, 3.63) is 12.7 Å². The second-order valence-electron chi connectivity index (χ2n) is 12.8. The van der Waals surface area contributed by atoms with Crippen molar-refractivity contribution in [1.29, 1.82) is 0 Å². The summed E-state index contributed by atoms with van der Waals surface area (Å²) in [5.74, 6) is -2.00. The van der Waals surface area contributed by atoms with Crippen molar-refractivity contribution >= 4 is 75.0 Å². The summed E-state index contributed by atoms with van der Waals surface area (Å²) in [7, 11) is -16.4. The third-order valence-electron chi connectivity index (χ3n) is 7.75. The summed E-state index contributed by atoms with van der Waals surface area (Å²) in [6, 6.07) is -0.893. The molecule has 27 nitrogen and oxygen atoms in total. The number of aliphatic hydroxyl groups is 2. The lowest BCUT2D eigenvalue weighted by Crippen LogP contribution is -2.46. The van der Waals surface area contributed by atoms with Crippen molar-refractivity contribution in [1.82, 2.24) is 30.2 Å². The molecule has 1 aliphatic rings. The van der Waals surface area contributed by atoms with Crippen LogP contribution in [0.5, 0.6) is 0 Å². The van der Waals surface area contributed by atoms with Gasteiger partial charge in [-0.1, -0.05) is 25.6 Å². The predicted molar refractivity (Wildman–Crippen MR) is 194 cm³/mol. The monoisotopic (exact) mass is 895 g/mol. The van der Waals surface area contributed by atoms with Gasteiger partial charge in [0.15, 0.2) is 17.7 Å². The van der Waals surface area contributed by atoms with E-state index in [1.54, 1.807) is 0 Å². The summed E-state index contributed by atoms with van der Waals surface area (Å²) in [5.41, 5.74) is 14.9. The minimum absolute atomic E-state index is 0.0200. The molecule has 322 valence electrons. The second kappa shape index (κ2) is 20.3. The average Bonchev–Trinajstić information content (AvgIpc) is 3.66. The maximum absolute atomic E-state index is 12.7. The Morgan fingerprint density at radius 1 is 1.04 bits per heavy atom. The fraction of sp³-hybridized carbons (Fsp3) is 0.654. The number of ether oxygens (including phenoxy) is 1. The number of aliphatic hydroxyl groups excluding tert-OH is 2. The van der Waals surface area contributed by atoms with Crippen molar-refractivity contribution in [2.75, 3.05) is 37.8 Å². The minimum Gasteiger partial charge on any atom is -0.386 e. The number of fused-ring (bicyclic) bond motifs is 1. The van der Waals surface area contributed by atoms with E-state index in [9.17, 15) is 62.7 Å². The first kappa shape index (κ1) is 48.4. The van der Waals surface area contributed by atoms with Crippen LogP contribution in [0.4, 0.5) is 5.82 Å². The third-order valence-corrected chi connectivity index (χ3v) is 11.8. The number of primary amides is 1. The standard InChI is InChI=1S/C26H44N9O18P3S/c1-26(2,20(39)23(40)31-6-5-16(37)30-7-8-57-25(41)13(27)3-4-15(28)36)10-50-56(47,48)53-55(45,46)49-9-14-19(52-54(42,43)44)18(38)24(51-14)35-12-34-17-21(29)32-11-33-22(17)35/h11-14,18-20,24,38-39H,3-10,27H2,1-2H3,(H2,28,36)(H,30,37)(H,31,40)(H,45,46)(H,47,48)(H2,29,32,33)(H2,42,43,44)/t13-,14?,18?,19?,20?,24?/m0/s1. The summed E-state index contributed by atoms with van der Waals surface area (Å²) in [4.78, 5) is 98.3. The Morgan fingerprint density at radius 2 is 1.70 bits per heavy atom. The number of nitrogen functional groups attached to an aromatic ring is 1. The lowest BCUT2D eigenvalue weighted by Gasteiger charge is -2.30. The summed E-state index contributed by atoms with van der Waals surface area (Å²) in [6.45, 7) is 0.214. The van der Waals surface area contributed by atoms with E-state index in [1.807, 2.05) is 0 Å². The van der Waals surface area contributed by atoms with E-state index < -0.39 is 96.5 Å². The Morgan fingerprint density at radius 3 is 2.35 bits per heavy atom. The third kappa shape index (κ3) is 15.0. The zero-order chi connectivity index (χ0) is 42.9. The molecule has 0 spiro atoms. The molecule has 0 radical (unpaired) electrons. The van der Waals surface area contributed by atoms with Crippen LogP contribution in [-0.4, -0.2) is 135 Å². The van der Waals surface area contributed by atoms with Crippen LogP contribution in [0.1, 0.15) is 39.3 Å². The van der Waals surface area contributed by atoms with Crippen LogP contribution < -0.4 is 27.8 Å². The van der Waals surface area contributed by atoms with Gasteiger partial charge in [-0.15, -0.1) is 0 Å². The number of nitrogens with two attached hydrogens (primary N) is 3. The molecule has 1 aliphatic heterocycles. The zero-order valence-electron chi connectivity index (χ0n) is 30.1. The highest BCUT2D eigenvalue weighted by molar-refractivity contribution is 8.13. The first-order chi connectivity index (χ1) is 26.3. The molecule has 7 unspecified atom stereocenters. The maximum Gasteiger partial charge on any atom is 0.481 e. The molecular weight excluding hydrogens is 851 g/mol. The first-order valence-corrected chi connectivity index (χ1v) is 21.9. The zero-order valence-corrected chi connectivity index (χ0v) is 33.6. The Balaban J connectivity index is 1.47. The SMILES string of the molecule is CC(C)(COP(=O)(O)OP(=O)(O)OCC1OC(n2cnc3c(N)ncnc32)C(O)C1OP(=O)(O)O)C(O)C(=O)NCCC(=O)NCCSC(=O)[C@@H](N)CCC(N)=O. The van der Waals surface area contributed by atoms with Gasteiger partial charge in [-0.05, 0) is 6.42 Å². The van der Waals surface area contributed by atoms with Gasteiger partial charge in [-0.3, -0.25) is 37.3 Å². The van der Waals surface area contributed by atoms with Gasteiger partial charge in [0.1, 0.15) is 36.3 Å². The van der Waals surface area contributed by atoms with Gasteiger partial charge >= 0.3 is 23.5 Å². The number of nitrogens with zero attached hydrogens (tertiary/aromatic N) is 4. The van der Waals surface area contributed by atoms with Crippen LogP contribution in [0.25, 0.3) is 11.2 Å². The number of aromatic nitrogens is 4. The Labute approximate surface area is 327 Å². The van der Waals surface area contributed by atoms with Crippen LogP contribution in [0.2, 0.25) is 0 Å². The molecule has 57 heavy (non-hydrogen) atoms. The van der Waals surface area contributed by atoms with Crippen molar-refractivity contribution in [3.63, 3.8) is 0 Å². The van der Waals surface area contributed by atoms with Gasteiger partial charge in [0.2, 0.25) is 22.8 Å². The molecule has 14 N–H and O–H groups in total. The van der Waals surface area contributed by atoms with Crippen LogP contribution in [0, 0.1) is 5.41 Å². The highest BCUT2D eigenvalue weighted by atomic mass is 32.2. The summed E-state index contributed by atoms with van der Waals surface area (Å²) < 4.78 is 62.0. The smallest absolute Gasteiger partial charge is 0.386 e. The van der Waals surface area contributed by atoms with E-state index >= 15 is 0 Å². The Hall–Kier alpha value is -3.01. The number of phosphoric ester groups is 3. The van der Waals surface area contributed by atoms with Crippen molar-refractivity contribution in [2.24, 2.45) is 16.9 Å². The molecule has 3 heterocycles. The molecule has 0 bridgehead atoms. The molecule has 3 rings (SSSR count). The van der Waals surface area contributed by atoms with Crippen LogP contribution >= 0.6 is 35.2 Å². The van der Waals surface area contributed by atoms with Crippen LogP contribution in [-0.2, 0) is 55.5 Å². The molecule has 0 saturated carbocycles. The van der Waals surface area contributed by atoms with Gasteiger partial charge in [-0.25, -0.2) is 28.6 Å². The van der Waals surface area contributed by atoms with Gasteiger partial charge in [0.25, 0.3) is 0 Å². The van der Waals surface area contributed by atoms with E-state index in [0.29, 0.717) is 0 Å². The molecule has 3 amide bonds. The Bertz CT molecular complexity index is 1900. The van der Waals surface area contributed by atoms with Crippen LogP contribution in [0.3, 0.4) is 0 Å². The highest BCUT2D eigenvalue weighted by Crippen LogP contribution is 2.61. The van der Waals surface area contributed by atoms with Gasteiger partial charge < -0.3 is 62.4 Å². The summed E-state index contributed by atoms with van der Waals surface area (Å²) >= 11 is 0.853. The number of hydrogen-bond donors (Lipinski definition) is 11. The predicted octanol–water partition coefficient (Wildman–Crippen LogP) is -2.74. The highest BCUT2D eigenvalue weighted by Gasteiger charge is 2.50. The second-order valence-corrected chi connectivity index (χ2v) is 18.2. The lowest BCUT2D eigenvalue weighted by molar-refractivity contribution is -0.137. The number of anilines is 1. The first-order valence-electron chi connectivity index (χ1n) is 16.4. The number of carbonyl (C=O) groups is 4. The largest absolute Gasteiger partial charge is 0.481 e. The van der Waals surface area contributed by atoms with Crippen molar-refractivity contribution < 1.29 is 85.3 Å². The van der Waals surface area contributed by atoms with E-state index in [4.69, 9.17) is 31.0 Å². The van der Waals surface area contributed by atoms with Gasteiger partial charge in [0, 0.05) is 37.1 Å². The number of phosphoric acid groups is 3. The van der Waals surface area contributed by atoms with Crippen molar-refractivity contribution in [3.8, 4) is 0 Å². The molecule has 0 aromatic carbocycles. The molecule has 2 aromatic rings. The molecule has 31 heteroatoms.